The summed E-state index contributed by atoms with van der Waals surface area (Å²) in [4.78, 5) is 0. The predicted octanol–water partition coefficient (Wildman–Crippen LogP) is 4.84. The van der Waals surface area contributed by atoms with Crippen molar-refractivity contribution in [2.75, 3.05) is 14.2 Å². The van der Waals surface area contributed by atoms with E-state index in [0.717, 1.165) is 17.7 Å². The molecule has 0 saturated carbocycles. The minimum absolute atomic E-state index is 0.470. The van der Waals surface area contributed by atoms with E-state index < -0.39 is 5.38 Å². The van der Waals surface area contributed by atoms with E-state index in [9.17, 15) is 0 Å². The van der Waals surface area contributed by atoms with Gasteiger partial charge in [0.1, 0.15) is 16.9 Å². The van der Waals surface area contributed by atoms with Crippen molar-refractivity contribution in [3.63, 3.8) is 0 Å². The van der Waals surface area contributed by atoms with Crippen LogP contribution >= 0.6 is 23.2 Å². The Bertz CT molecular complexity index is 593. The van der Waals surface area contributed by atoms with E-state index in [2.05, 4.69) is 0 Å². The molecule has 20 heavy (non-hydrogen) atoms. The summed E-state index contributed by atoms with van der Waals surface area (Å²) in [5.74, 6) is 2.71. The van der Waals surface area contributed by atoms with Gasteiger partial charge in [-0.05, 0) is 18.2 Å². The summed E-state index contributed by atoms with van der Waals surface area (Å²) in [6.07, 6.45) is 0.823. The average Bonchev–Trinajstić information content (AvgIpc) is 2.95. The highest BCUT2D eigenvalue weighted by Crippen LogP contribution is 2.40. The summed E-state index contributed by atoms with van der Waals surface area (Å²) in [5.41, 5.74) is 0.725. The summed E-state index contributed by atoms with van der Waals surface area (Å²) in [5, 5.41) is 0.0414. The summed E-state index contributed by atoms with van der Waals surface area (Å²) in [6.45, 7) is 2.02. The van der Waals surface area contributed by atoms with Crippen LogP contribution in [0.1, 0.15) is 29.4 Å². The van der Waals surface area contributed by atoms with Crippen molar-refractivity contribution in [2.45, 2.75) is 18.7 Å². The number of furan rings is 1. The van der Waals surface area contributed by atoms with Crippen LogP contribution in [0.4, 0.5) is 0 Å². The van der Waals surface area contributed by atoms with Crippen LogP contribution in [0.5, 0.6) is 11.5 Å². The smallest absolute Gasteiger partial charge is 0.162 e. The first-order valence-corrected chi connectivity index (χ1v) is 7.06. The molecule has 0 fully saturated rings. The number of hydrogen-bond donors (Lipinski definition) is 0. The lowest BCUT2D eigenvalue weighted by Crippen LogP contribution is -1.97. The Balaban J connectivity index is 2.40. The largest absolute Gasteiger partial charge is 0.493 e. The molecule has 2 aromatic rings. The lowest BCUT2D eigenvalue weighted by Gasteiger charge is -2.14. The lowest BCUT2D eigenvalue weighted by atomic mass is 10.1. The Morgan fingerprint density at radius 3 is 2.35 bits per heavy atom. The quantitative estimate of drug-likeness (QED) is 0.740. The van der Waals surface area contributed by atoms with E-state index in [4.69, 9.17) is 37.1 Å². The Morgan fingerprint density at radius 1 is 1.15 bits per heavy atom. The minimum Gasteiger partial charge on any atom is -0.493 e. The molecule has 1 heterocycles. The summed E-state index contributed by atoms with van der Waals surface area (Å²) in [7, 11) is 3.13. The highest BCUT2D eigenvalue weighted by molar-refractivity contribution is 6.33. The van der Waals surface area contributed by atoms with Crippen molar-refractivity contribution >= 4 is 23.2 Å². The Morgan fingerprint density at radius 2 is 1.80 bits per heavy atom. The molecule has 3 nitrogen and oxygen atoms in total. The fraction of sp³-hybridized carbons (Fsp3) is 0.333. The van der Waals surface area contributed by atoms with Crippen LogP contribution < -0.4 is 9.47 Å². The van der Waals surface area contributed by atoms with Crippen molar-refractivity contribution in [3.05, 3.63) is 46.4 Å². The lowest BCUT2D eigenvalue weighted by molar-refractivity contribution is 0.354. The predicted molar refractivity (Wildman–Crippen MR) is 80.3 cm³/mol. The number of methoxy groups -OCH3 is 2. The first-order chi connectivity index (χ1) is 9.60. The van der Waals surface area contributed by atoms with E-state index in [-0.39, 0.29) is 0 Å². The third-order valence-electron chi connectivity index (χ3n) is 3.06. The molecule has 2 rings (SSSR count). The van der Waals surface area contributed by atoms with Gasteiger partial charge in [0.2, 0.25) is 0 Å². The highest BCUT2D eigenvalue weighted by atomic mass is 35.5. The SMILES string of the molecule is CCc1ccc(C(Cl)c2cc(OC)c(OC)cc2Cl)o1. The molecule has 5 heteroatoms. The van der Waals surface area contributed by atoms with Crippen molar-refractivity contribution in [3.8, 4) is 11.5 Å². The molecule has 0 spiro atoms. The van der Waals surface area contributed by atoms with Gasteiger partial charge < -0.3 is 13.9 Å². The molecular weight excluding hydrogens is 299 g/mol. The van der Waals surface area contributed by atoms with Crippen LogP contribution in [0.3, 0.4) is 0 Å². The Kier molecular flexibility index (Phi) is 4.84. The Labute approximate surface area is 128 Å². The second-order valence-corrected chi connectivity index (χ2v) is 5.09. The molecule has 0 aliphatic heterocycles. The highest BCUT2D eigenvalue weighted by Gasteiger charge is 2.20. The molecule has 1 aromatic heterocycles. The van der Waals surface area contributed by atoms with Crippen LogP contribution in [0.25, 0.3) is 0 Å². The van der Waals surface area contributed by atoms with Crippen LogP contribution in [-0.2, 0) is 6.42 Å². The number of alkyl halides is 1. The average molecular weight is 315 g/mol. The molecular formula is C15H16Cl2O3. The van der Waals surface area contributed by atoms with Gasteiger partial charge >= 0.3 is 0 Å². The zero-order valence-corrected chi connectivity index (χ0v) is 13.1. The van der Waals surface area contributed by atoms with Crippen LogP contribution in [0, 0.1) is 0 Å². The van der Waals surface area contributed by atoms with Gasteiger partial charge in [-0.25, -0.2) is 0 Å². The number of aryl methyl sites for hydroxylation is 1. The summed E-state index contributed by atoms with van der Waals surface area (Å²) < 4.78 is 16.1. The van der Waals surface area contributed by atoms with Gasteiger partial charge in [0.25, 0.3) is 0 Å². The second kappa shape index (κ2) is 6.42. The maximum absolute atomic E-state index is 6.46. The fourth-order valence-electron chi connectivity index (χ4n) is 1.94. The molecule has 0 N–H and O–H groups in total. The number of hydrogen-bond acceptors (Lipinski definition) is 3. The van der Waals surface area contributed by atoms with E-state index in [1.165, 1.54) is 0 Å². The number of rotatable bonds is 5. The van der Waals surface area contributed by atoms with Gasteiger partial charge in [0, 0.05) is 23.1 Å². The van der Waals surface area contributed by atoms with E-state index in [1.54, 1.807) is 26.4 Å². The topological polar surface area (TPSA) is 31.6 Å². The zero-order chi connectivity index (χ0) is 14.7. The molecule has 0 radical (unpaired) electrons. The van der Waals surface area contributed by atoms with Gasteiger partial charge in [-0.3, -0.25) is 0 Å². The molecule has 1 aromatic carbocycles. The molecule has 108 valence electrons. The molecule has 1 atom stereocenters. The van der Waals surface area contributed by atoms with Gasteiger partial charge in [-0.2, -0.15) is 0 Å². The third kappa shape index (κ3) is 2.89. The van der Waals surface area contributed by atoms with Gasteiger partial charge in [0.05, 0.1) is 14.2 Å². The normalized spacial score (nSPS) is 12.2. The molecule has 0 amide bonds. The molecule has 0 bridgehead atoms. The minimum atomic E-state index is -0.470. The summed E-state index contributed by atoms with van der Waals surface area (Å²) in [6, 6.07) is 7.24. The summed E-state index contributed by atoms with van der Waals surface area (Å²) >= 11 is 12.7. The van der Waals surface area contributed by atoms with Gasteiger partial charge in [-0.15, -0.1) is 11.6 Å². The van der Waals surface area contributed by atoms with Crippen LogP contribution in [0.2, 0.25) is 5.02 Å². The van der Waals surface area contributed by atoms with E-state index in [1.807, 2.05) is 19.1 Å². The number of benzene rings is 1. The number of ether oxygens (including phenoxy) is 2. The number of halogens is 2. The third-order valence-corrected chi connectivity index (χ3v) is 3.83. The van der Waals surface area contributed by atoms with Crippen molar-refractivity contribution in [2.24, 2.45) is 0 Å². The van der Waals surface area contributed by atoms with Crippen molar-refractivity contribution < 1.29 is 13.9 Å². The van der Waals surface area contributed by atoms with Crippen molar-refractivity contribution in [1.29, 1.82) is 0 Å². The fourth-order valence-corrected chi connectivity index (χ4v) is 2.55. The molecule has 0 saturated heterocycles. The molecule has 0 aliphatic carbocycles. The second-order valence-electron chi connectivity index (χ2n) is 4.25. The van der Waals surface area contributed by atoms with Crippen molar-refractivity contribution in [1.82, 2.24) is 0 Å². The van der Waals surface area contributed by atoms with E-state index >= 15 is 0 Å². The maximum atomic E-state index is 6.46. The first-order valence-electron chi connectivity index (χ1n) is 6.24. The maximum Gasteiger partial charge on any atom is 0.162 e. The molecule has 1 unspecified atom stereocenters. The van der Waals surface area contributed by atoms with Crippen LogP contribution in [-0.4, -0.2) is 14.2 Å². The van der Waals surface area contributed by atoms with Gasteiger partial charge in [-0.1, -0.05) is 18.5 Å². The Hall–Kier alpha value is -1.32. The van der Waals surface area contributed by atoms with Gasteiger partial charge in [0.15, 0.2) is 11.5 Å². The standard InChI is InChI=1S/C15H16Cl2O3/c1-4-9-5-6-12(20-9)15(17)10-7-13(18-2)14(19-3)8-11(10)16/h5-8,15H,4H2,1-3H3. The monoisotopic (exact) mass is 314 g/mol. The van der Waals surface area contributed by atoms with E-state index in [0.29, 0.717) is 22.3 Å². The molecule has 0 aliphatic rings. The zero-order valence-electron chi connectivity index (χ0n) is 11.6. The van der Waals surface area contributed by atoms with Crippen LogP contribution in [0.15, 0.2) is 28.7 Å². The first kappa shape index (κ1) is 15.1.